The molecule has 0 bridgehead atoms. The number of esters is 1. The number of hydrogen-bond donors (Lipinski definition) is 0. The normalized spacial score (nSPS) is 11.2. The molecule has 0 fully saturated rings. The predicted octanol–water partition coefficient (Wildman–Crippen LogP) is 1.55. The van der Waals surface area contributed by atoms with Crippen molar-refractivity contribution in [3.63, 3.8) is 0 Å². The summed E-state index contributed by atoms with van der Waals surface area (Å²) < 4.78 is 15.2. The van der Waals surface area contributed by atoms with Crippen molar-refractivity contribution in [2.45, 2.75) is 26.9 Å². The monoisotopic (exact) mass is 216 g/mol. The highest BCUT2D eigenvalue weighted by atomic mass is 16.5. The highest BCUT2D eigenvalue weighted by molar-refractivity contribution is 5.81. The number of carbonyl (C=O) groups excluding carboxylic acids is 1. The Hall–Kier alpha value is -0.870. The molecule has 0 aromatic carbocycles. The van der Waals surface area contributed by atoms with E-state index in [0.717, 1.165) is 0 Å². The Morgan fingerprint density at radius 3 is 2.67 bits per heavy atom. The number of ether oxygens (including phenoxy) is 3. The van der Waals surface area contributed by atoms with E-state index in [0.29, 0.717) is 26.4 Å². The van der Waals surface area contributed by atoms with E-state index < -0.39 is 0 Å². The maximum absolute atomic E-state index is 10.8. The molecule has 0 aromatic heterocycles. The molecule has 0 amide bonds. The molecule has 0 heterocycles. The van der Waals surface area contributed by atoms with Crippen LogP contribution in [0.15, 0.2) is 12.2 Å². The topological polar surface area (TPSA) is 44.8 Å². The molecule has 0 spiro atoms. The van der Waals surface area contributed by atoms with E-state index in [9.17, 15) is 4.79 Å². The third-order valence-corrected chi connectivity index (χ3v) is 1.43. The third-order valence-electron chi connectivity index (χ3n) is 1.43. The molecule has 0 aliphatic rings. The van der Waals surface area contributed by atoms with Crippen LogP contribution in [0, 0.1) is 0 Å². The van der Waals surface area contributed by atoms with Gasteiger partial charge in [0.2, 0.25) is 0 Å². The van der Waals surface area contributed by atoms with Gasteiger partial charge in [-0.15, -0.1) is 0 Å². The summed E-state index contributed by atoms with van der Waals surface area (Å²) in [6.07, 6.45) is 3.23. The van der Waals surface area contributed by atoms with Gasteiger partial charge in [-0.2, -0.15) is 0 Å². The van der Waals surface area contributed by atoms with Gasteiger partial charge < -0.3 is 14.2 Å². The van der Waals surface area contributed by atoms with E-state index >= 15 is 0 Å². The first kappa shape index (κ1) is 14.1. The first-order chi connectivity index (χ1) is 7.16. The largest absolute Gasteiger partial charge is 0.463 e. The summed E-state index contributed by atoms with van der Waals surface area (Å²) in [7, 11) is 0. The van der Waals surface area contributed by atoms with E-state index in [4.69, 9.17) is 14.2 Å². The third kappa shape index (κ3) is 11.1. The fraction of sp³-hybridized carbons (Fsp3) is 0.727. The maximum atomic E-state index is 10.8. The lowest BCUT2D eigenvalue weighted by Crippen LogP contribution is -2.09. The summed E-state index contributed by atoms with van der Waals surface area (Å²) >= 11 is 0. The van der Waals surface area contributed by atoms with Crippen molar-refractivity contribution in [2.24, 2.45) is 0 Å². The zero-order chi connectivity index (χ0) is 11.5. The smallest absolute Gasteiger partial charge is 0.330 e. The van der Waals surface area contributed by atoms with Gasteiger partial charge in [0.25, 0.3) is 0 Å². The summed E-state index contributed by atoms with van der Waals surface area (Å²) in [6.45, 7) is 7.62. The molecular formula is C11H20O4. The van der Waals surface area contributed by atoms with E-state index in [-0.39, 0.29) is 12.1 Å². The molecule has 4 nitrogen and oxygen atoms in total. The highest BCUT2D eigenvalue weighted by Crippen LogP contribution is 1.88. The summed E-state index contributed by atoms with van der Waals surface area (Å²) in [4.78, 5) is 10.8. The van der Waals surface area contributed by atoms with Gasteiger partial charge in [-0.3, -0.25) is 0 Å². The first-order valence-electron chi connectivity index (χ1n) is 5.19. The van der Waals surface area contributed by atoms with Gasteiger partial charge in [0.1, 0.15) is 0 Å². The van der Waals surface area contributed by atoms with Gasteiger partial charge in [-0.25, -0.2) is 4.79 Å². The van der Waals surface area contributed by atoms with Crippen molar-refractivity contribution in [1.29, 1.82) is 0 Å². The standard InChI is InChI=1S/C11H20O4/c1-4-14-11(12)6-5-7-13-8-9-15-10(2)3/h5-6,10H,4,7-9H2,1-3H3/b6-5+. The Bertz CT molecular complexity index is 187. The summed E-state index contributed by atoms with van der Waals surface area (Å²) in [5, 5.41) is 0. The fourth-order valence-corrected chi connectivity index (χ4v) is 0.829. The van der Waals surface area contributed by atoms with Crippen LogP contribution in [0.1, 0.15) is 20.8 Å². The van der Waals surface area contributed by atoms with Gasteiger partial charge in [0, 0.05) is 6.08 Å². The Balaban J connectivity index is 3.26. The van der Waals surface area contributed by atoms with Crippen LogP contribution in [0.4, 0.5) is 0 Å². The Morgan fingerprint density at radius 1 is 1.33 bits per heavy atom. The average molecular weight is 216 g/mol. The molecule has 0 aromatic rings. The molecule has 0 aliphatic carbocycles. The van der Waals surface area contributed by atoms with Crippen molar-refractivity contribution in [1.82, 2.24) is 0 Å². The molecule has 0 saturated heterocycles. The minimum absolute atomic E-state index is 0.226. The summed E-state index contributed by atoms with van der Waals surface area (Å²) in [5.41, 5.74) is 0. The zero-order valence-electron chi connectivity index (χ0n) is 9.69. The van der Waals surface area contributed by atoms with Gasteiger partial charge in [0.15, 0.2) is 0 Å². The van der Waals surface area contributed by atoms with Gasteiger partial charge in [-0.1, -0.05) is 6.08 Å². The van der Waals surface area contributed by atoms with Crippen LogP contribution in [-0.4, -0.2) is 38.5 Å². The van der Waals surface area contributed by atoms with E-state index in [1.807, 2.05) is 13.8 Å². The van der Waals surface area contributed by atoms with Crippen molar-refractivity contribution >= 4 is 5.97 Å². The molecule has 88 valence electrons. The lowest BCUT2D eigenvalue weighted by molar-refractivity contribution is -0.137. The molecule has 15 heavy (non-hydrogen) atoms. The van der Waals surface area contributed by atoms with E-state index in [2.05, 4.69) is 0 Å². The molecule has 0 unspecified atom stereocenters. The molecule has 0 saturated carbocycles. The molecule has 0 aliphatic heterocycles. The van der Waals surface area contributed by atoms with Crippen LogP contribution < -0.4 is 0 Å². The quantitative estimate of drug-likeness (QED) is 0.351. The fourth-order valence-electron chi connectivity index (χ4n) is 0.829. The van der Waals surface area contributed by atoms with Crippen molar-refractivity contribution in [2.75, 3.05) is 26.4 Å². The first-order valence-corrected chi connectivity index (χ1v) is 5.19. The molecule has 0 N–H and O–H groups in total. The van der Waals surface area contributed by atoms with Crippen LogP contribution in [-0.2, 0) is 19.0 Å². The Kier molecular flexibility index (Phi) is 9.11. The van der Waals surface area contributed by atoms with Crippen molar-refractivity contribution < 1.29 is 19.0 Å². The van der Waals surface area contributed by atoms with Crippen LogP contribution in [0.5, 0.6) is 0 Å². The number of hydrogen-bond acceptors (Lipinski definition) is 4. The SMILES string of the molecule is CCOC(=O)/C=C/COCCOC(C)C. The lowest BCUT2D eigenvalue weighted by Gasteiger charge is -2.06. The summed E-state index contributed by atoms with van der Waals surface area (Å²) in [5.74, 6) is -0.334. The Labute approximate surface area is 91.2 Å². The van der Waals surface area contributed by atoms with Gasteiger partial charge in [0.05, 0.1) is 32.5 Å². The average Bonchev–Trinajstić information content (AvgIpc) is 2.16. The number of carbonyl (C=O) groups is 1. The zero-order valence-corrected chi connectivity index (χ0v) is 9.69. The molecule has 0 atom stereocenters. The molecule has 0 rings (SSSR count). The molecule has 0 radical (unpaired) electrons. The van der Waals surface area contributed by atoms with Gasteiger partial charge in [-0.05, 0) is 20.8 Å². The number of rotatable bonds is 8. The minimum Gasteiger partial charge on any atom is -0.463 e. The second-order valence-corrected chi connectivity index (χ2v) is 3.15. The van der Waals surface area contributed by atoms with Crippen molar-refractivity contribution in [3.8, 4) is 0 Å². The van der Waals surface area contributed by atoms with E-state index in [1.54, 1.807) is 13.0 Å². The van der Waals surface area contributed by atoms with Crippen LogP contribution in [0.3, 0.4) is 0 Å². The van der Waals surface area contributed by atoms with Crippen molar-refractivity contribution in [3.05, 3.63) is 12.2 Å². The second-order valence-electron chi connectivity index (χ2n) is 3.15. The van der Waals surface area contributed by atoms with Gasteiger partial charge >= 0.3 is 5.97 Å². The highest BCUT2D eigenvalue weighted by Gasteiger charge is 1.93. The lowest BCUT2D eigenvalue weighted by atomic mass is 10.5. The maximum Gasteiger partial charge on any atom is 0.330 e. The van der Waals surface area contributed by atoms with E-state index in [1.165, 1.54) is 6.08 Å². The van der Waals surface area contributed by atoms with Crippen LogP contribution in [0.25, 0.3) is 0 Å². The van der Waals surface area contributed by atoms with Crippen LogP contribution >= 0.6 is 0 Å². The second kappa shape index (κ2) is 9.68. The Morgan fingerprint density at radius 2 is 2.07 bits per heavy atom. The summed E-state index contributed by atoms with van der Waals surface area (Å²) in [6, 6.07) is 0. The molecule has 4 heteroatoms. The predicted molar refractivity (Wildman–Crippen MR) is 57.7 cm³/mol. The van der Waals surface area contributed by atoms with Crippen LogP contribution in [0.2, 0.25) is 0 Å². The minimum atomic E-state index is -0.334. The molecular weight excluding hydrogens is 196 g/mol.